The molecule has 2 rings (SSSR count). The number of hydrogen-bond acceptors (Lipinski definition) is 8. The van der Waals surface area contributed by atoms with E-state index in [4.69, 9.17) is 0 Å². The molecule has 0 aromatic heterocycles. The molecule has 156 valence electrons. The number of carbonyl (C=O) groups is 4. The monoisotopic (exact) mass is 420 g/mol. The topological polar surface area (TPSA) is 86.7 Å². The van der Waals surface area contributed by atoms with Gasteiger partial charge in [0.15, 0.2) is 0 Å². The fourth-order valence-electron chi connectivity index (χ4n) is 2.90. The molecule has 27 heavy (non-hydrogen) atoms. The van der Waals surface area contributed by atoms with Gasteiger partial charge in [-0.05, 0) is 13.8 Å². The van der Waals surface area contributed by atoms with Crippen molar-refractivity contribution in [3.63, 3.8) is 0 Å². The van der Waals surface area contributed by atoms with E-state index in [0.29, 0.717) is 18.6 Å². The smallest absolute Gasteiger partial charge is 0.317 e. The van der Waals surface area contributed by atoms with Crippen LogP contribution in [0.1, 0.15) is 48.0 Å². The standard InChI is InChI=1S/2C9H14O3S.CH4/c1-9(2)4-7(10)6(5-13-9)8(11)12-3;1-9(2)7(8(11)12-3)6(10)4-5-13-9;/h6H,4-5H2,1-3H3;7H,4-5H2,1-3H3;1H4. The molecular weight excluding hydrogens is 388 g/mol. The minimum atomic E-state index is -0.587. The maximum atomic E-state index is 11.5. The van der Waals surface area contributed by atoms with Gasteiger partial charge in [-0.2, -0.15) is 23.5 Å². The molecule has 8 heteroatoms. The Kier molecular flexibility index (Phi) is 10.1. The molecule has 2 unspecified atom stereocenters. The van der Waals surface area contributed by atoms with Crippen LogP contribution in [-0.2, 0) is 28.7 Å². The van der Waals surface area contributed by atoms with Crippen molar-refractivity contribution >= 4 is 47.0 Å². The van der Waals surface area contributed by atoms with Crippen LogP contribution in [0.3, 0.4) is 0 Å². The second-order valence-corrected chi connectivity index (χ2v) is 10.9. The van der Waals surface area contributed by atoms with Gasteiger partial charge >= 0.3 is 11.9 Å². The van der Waals surface area contributed by atoms with E-state index < -0.39 is 23.8 Å². The minimum Gasteiger partial charge on any atom is -0.468 e. The molecule has 6 nitrogen and oxygen atoms in total. The van der Waals surface area contributed by atoms with Crippen LogP contribution in [0.25, 0.3) is 0 Å². The lowest BCUT2D eigenvalue weighted by Crippen LogP contribution is -2.44. The van der Waals surface area contributed by atoms with Gasteiger partial charge in [0.1, 0.15) is 23.4 Å². The predicted molar refractivity (Wildman–Crippen MR) is 110 cm³/mol. The van der Waals surface area contributed by atoms with E-state index >= 15 is 0 Å². The number of hydrogen-bond donors (Lipinski definition) is 0. The zero-order valence-electron chi connectivity index (χ0n) is 16.2. The zero-order valence-corrected chi connectivity index (χ0v) is 17.9. The number of thioether (sulfide) groups is 2. The van der Waals surface area contributed by atoms with Crippen LogP contribution in [0.5, 0.6) is 0 Å². The van der Waals surface area contributed by atoms with Crippen molar-refractivity contribution in [2.24, 2.45) is 11.8 Å². The third-order valence-electron chi connectivity index (χ3n) is 4.39. The summed E-state index contributed by atoms with van der Waals surface area (Å²) < 4.78 is 8.83. The highest BCUT2D eigenvalue weighted by atomic mass is 32.2. The molecule has 2 fully saturated rings. The van der Waals surface area contributed by atoms with Gasteiger partial charge in [0.05, 0.1) is 14.2 Å². The summed E-state index contributed by atoms with van der Waals surface area (Å²) in [5, 5.41) is 0. The molecule has 0 spiro atoms. The molecule has 2 saturated heterocycles. The Morgan fingerprint density at radius 1 is 0.963 bits per heavy atom. The molecule has 0 amide bonds. The van der Waals surface area contributed by atoms with E-state index in [9.17, 15) is 19.2 Å². The number of Topliss-reactive ketones (excluding diaryl/α,β-unsaturated/α-hetero) is 2. The van der Waals surface area contributed by atoms with Gasteiger partial charge in [0, 0.05) is 33.8 Å². The lowest BCUT2D eigenvalue weighted by molar-refractivity contribution is -0.151. The van der Waals surface area contributed by atoms with Crippen LogP contribution in [0, 0.1) is 11.8 Å². The molecular formula is C19H32O6S2. The van der Waals surface area contributed by atoms with E-state index in [0.717, 1.165) is 5.75 Å². The summed E-state index contributed by atoms with van der Waals surface area (Å²) >= 11 is 3.31. The van der Waals surface area contributed by atoms with E-state index in [1.807, 2.05) is 27.7 Å². The summed E-state index contributed by atoms with van der Waals surface area (Å²) in [5.74, 6) is -0.543. The van der Waals surface area contributed by atoms with Gasteiger partial charge < -0.3 is 9.47 Å². The van der Waals surface area contributed by atoms with Gasteiger partial charge in [0.25, 0.3) is 0 Å². The van der Waals surface area contributed by atoms with Crippen LogP contribution in [0.15, 0.2) is 0 Å². The van der Waals surface area contributed by atoms with E-state index in [2.05, 4.69) is 9.47 Å². The second kappa shape index (κ2) is 10.5. The Morgan fingerprint density at radius 3 is 1.96 bits per heavy atom. The molecule has 2 aliphatic rings. The number of carbonyl (C=O) groups excluding carboxylic acids is 4. The van der Waals surface area contributed by atoms with Gasteiger partial charge in [-0.25, -0.2) is 0 Å². The van der Waals surface area contributed by atoms with Crippen LogP contribution >= 0.6 is 23.5 Å². The fourth-order valence-corrected chi connectivity index (χ4v) is 5.31. The van der Waals surface area contributed by atoms with E-state index in [-0.39, 0.29) is 28.5 Å². The Morgan fingerprint density at radius 2 is 1.52 bits per heavy atom. The van der Waals surface area contributed by atoms with E-state index in [1.165, 1.54) is 14.2 Å². The van der Waals surface area contributed by atoms with Gasteiger partial charge in [0.2, 0.25) is 0 Å². The maximum absolute atomic E-state index is 11.5. The first-order valence-corrected chi connectivity index (χ1v) is 10.4. The lowest BCUT2D eigenvalue weighted by Gasteiger charge is -2.34. The first kappa shape index (κ1) is 26.0. The van der Waals surface area contributed by atoms with Gasteiger partial charge in [-0.3, -0.25) is 19.2 Å². The van der Waals surface area contributed by atoms with Crippen molar-refractivity contribution in [3.05, 3.63) is 0 Å². The molecule has 0 saturated carbocycles. The maximum Gasteiger partial charge on any atom is 0.317 e. The fraction of sp³-hybridized carbons (Fsp3) is 0.789. The highest BCUT2D eigenvalue weighted by Crippen LogP contribution is 2.39. The van der Waals surface area contributed by atoms with Crippen LogP contribution < -0.4 is 0 Å². The van der Waals surface area contributed by atoms with Crippen molar-refractivity contribution < 1.29 is 28.7 Å². The molecule has 0 N–H and O–H groups in total. The summed E-state index contributed by atoms with van der Waals surface area (Å²) in [5.41, 5.74) is 0. The predicted octanol–water partition coefficient (Wildman–Crippen LogP) is 3.16. The zero-order chi connectivity index (χ0) is 20.1. The normalized spacial score (nSPS) is 26.0. The molecule has 2 atom stereocenters. The third kappa shape index (κ3) is 7.14. The third-order valence-corrected chi connectivity index (χ3v) is 7.21. The Labute approximate surface area is 170 Å². The molecule has 2 heterocycles. The molecule has 0 bridgehead atoms. The number of methoxy groups -OCH3 is 2. The van der Waals surface area contributed by atoms with Crippen molar-refractivity contribution in [2.45, 2.75) is 57.5 Å². The van der Waals surface area contributed by atoms with Gasteiger partial charge in [-0.15, -0.1) is 0 Å². The Balaban J connectivity index is 0.000000483. The van der Waals surface area contributed by atoms with Gasteiger partial charge in [-0.1, -0.05) is 21.3 Å². The Bertz CT molecular complexity index is 560. The molecule has 0 aliphatic carbocycles. The number of rotatable bonds is 2. The van der Waals surface area contributed by atoms with Crippen molar-refractivity contribution in [3.8, 4) is 0 Å². The summed E-state index contributed by atoms with van der Waals surface area (Å²) in [7, 11) is 2.64. The summed E-state index contributed by atoms with van der Waals surface area (Å²) in [6, 6.07) is 0. The van der Waals surface area contributed by atoms with Crippen molar-refractivity contribution in [2.75, 3.05) is 25.7 Å². The van der Waals surface area contributed by atoms with E-state index in [1.54, 1.807) is 23.5 Å². The quantitative estimate of drug-likeness (QED) is 0.497. The van der Waals surface area contributed by atoms with Crippen LogP contribution in [-0.4, -0.2) is 58.7 Å². The number of esters is 2. The first-order valence-electron chi connectivity index (χ1n) is 8.44. The summed E-state index contributed by atoms with van der Waals surface area (Å²) in [6.45, 7) is 7.86. The van der Waals surface area contributed by atoms with Crippen LogP contribution in [0.2, 0.25) is 0 Å². The number of ketones is 2. The summed E-state index contributed by atoms with van der Waals surface area (Å²) in [4.78, 5) is 45.5. The SMILES string of the molecule is C.COC(=O)C1C(=O)CCSC1(C)C.COC(=O)C1CSC(C)(C)CC1=O. The highest BCUT2D eigenvalue weighted by molar-refractivity contribution is 8.01. The molecule has 0 radical (unpaired) electrons. The highest BCUT2D eigenvalue weighted by Gasteiger charge is 2.44. The molecule has 0 aromatic carbocycles. The largest absolute Gasteiger partial charge is 0.468 e. The minimum absolute atomic E-state index is 0. The summed E-state index contributed by atoms with van der Waals surface area (Å²) in [6.07, 6.45) is 0.936. The average Bonchev–Trinajstić information content (AvgIpc) is 2.52. The molecule has 2 aliphatic heterocycles. The average molecular weight is 421 g/mol. The molecule has 0 aromatic rings. The lowest BCUT2D eigenvalue weighted by atomic mass is 9.89. The van der Waals surface area contributed by atoms with Crippen molar-refractivity contribution in [1.29, 1.82) is 0 Å². The van der Waals surface area contributed by atoms with Crippen LogP contribution in [0.4, 0.5) is 0 Å². The Hall–Kier alpha value is -1.02. The second-order valence-electron chi connectivity index (χ2n) is 7.41. The first-order chi connectivity index (χ1) is 11.9. The van der Waals surface area contributed by atoms with Crippen molar-refractivity contribution in [1.82, 2.24) is 0 Å². The number of ether oxygens (including phenoxy) is 2.